The van der Waals surface area contributed by atoms with E-state index in [4.69, 9.17) is 16.3 Å². The molecule has 3 aromatic rings. The molecule has 12 nitrogen and oxygen atoms in total. The molecule has 0 spiro atoms. The van der Waals surface area contributed by atoms with Crippen molar-refractivity contribution in [3.8, 4) is 0 Å². The summed E-state index contributed by atoms with van der Waals surface area (Å²) in [6.45, 7) is 2.16. The Labute approximate surface area is 222 Å². The van der Waals surface area contributed by atoms with E-state index in [-0.39, 0.29) is 11.7 Å². The van der Waals surface area contributed by atoms with Crippen LogP contribution in [-0.2, 0) is 16.8 Å². The van der Waals surface area contributed by atoms with Crippen LogP contribution in [-0.4, -0.2) is 79.2 Å². The van der Waals surface area contributed by atoms with E-state index in [1.807, 2.05) is 36.1 Å². The molecule has 1 fully saturated rings. The number of alkyl halides is 1. The minimum Gasteiger partial charge on any atom is -0.394 e. The minimum absolute atomic E-state index is 0.0171. The second-order valence-electron chi connectivity index (χ2n) is 9.28. The van der Waals surface area contributed by atoms with Crippen LogP contribution in [0.25, 0.3) is 11.2 Å². The minimum atomic E-state index is -1.29. The molecular weight excluding hydrogens is 519 g/mol. The van der Waals surface area contributed by atoms with Crippen LogP contribution in [0.3, 0.4) is 0 Å². The lowest BCUT2D eigenvalue weighted by atomic mass is 9.89. The molecule has 1 saturated heterocycles. The maximum absolute atomic E-state index is 13.2. The van der Waals surface area contributed by atoms with Gasteiger partial charge in [-0.1, -0.05) is 31.2 Å². The van der Waals surface area contributed by atoms with Crippen molar-refractivity contribution in [1.29, 1.82) is 0 Å². The van der Waals surface area contributed by atoms with Gasteiger partial charge in [-0.2, -0.15) is 15.1 Å². The molecule has 0 aliphatic carbocycles. The second kappa shape index (κ2) is 10.9. The van der Waals surface area contributed by atoms with Crippen LogP contribution in [0.5, 0.6) is 0 Å². The highest BCUT2D eigenvalue weighted by Crippen LogP contribution is 2.35. The molecule has 2 aliphatic rings. The molecule has 202 valence electrons. The molecule has 0 amide bonds. The van der Waals surface area contributed by atoms with Gasteiger partial charge in [0.2, 0.25) is 5.28 Å². The Bertz CT molecular complexity index is 1320. The zero-order valence-electron chi connectivity index (χ0n) is 20.6. The molecule has 1 unspecified atom stereocenters. The fourth-order valence-electron chi connectivity index (χ4n) is 4.83. The number of aliphatic hydroxyl groups excluding tert-OH is 3. The van der Waals surface area contributed by atoms with Crippen molar-refractivity contribution in [1.82, 2.24) is 19.5 Å². The molecule has 3 N–H and O–H groups in total. The van der Waals surface area contributed by atoms with Gasteiger partial charge in [0.05, 0.1) is 25.8 Å². The topological polar surface area (TPSA) is 154 Å². The van der Waals surface area contributed by atoms with Crippen molar-refractivity contribution < 1.29 is 24.4 Å². The maximum atomic E-state index is 13.2. The summed E-state index contributed by atoms with van der Waals surface area (Å²) in [7, 11) is 0. The number of imidazole rings is 1. The van der Waals surface area contributed by atoms with E-state index in [0.29, 0.717) is 30.1 Å². The average Bonchev–Trinajstić information content (AvgIpc) is 3.63. The highest BCUT2D eigenvalue weighted by atomic mass is 35.5. The number of aliphatic hydroxyl groups is 3. The van der Waals surface area contributed by atoms with Crippen LogP contribution in [0.2, 0.25) is 5.28 Å². The first-order valence-corrected chi connectivity index (χ1v) is 12.7. The third-order valence-electron chi connectivity index (χ3n) is 6.81. The Morgan fingerprint density at radius 3 is 2.61 bits per heavy atom. The summed E-state index contributed by atoms with van der Waals surface area (Å²) < 4.78 is 20.3. The van der Waals surface area contributed by atoms with Crippen LogP contribution in [0, 0.1) is 0 Å². The Balaban J connectivity index is 1.45. The molecule has 0 saturated carbocycles. The van der Waals surface area contributed by atoms with Crippen molar-refractivity contribution in [3.63, 3.8) is 0 Å². The van der Waals surface area contributed by atoms with E-state index in [1.165, 1.54) is 10.9 Å². The normalized spacial score (nSPS) is 26.6. The maximum Gasteiger partial charge on any atom is 0.226 e. The van der Waals surface area contributed by atoms with Crippen molar-refractivity contribution in [2.24, 2.45) is 15.4 Å². The van der Waals surface area contributed by atoms with Crippen LogP contribution in [0.15, 0.2) is 46.0 Å². The number of fused-ring (bicyclic) bond motifs is 1. The van der Waals surface area contributed by atoms with Gasteiger partial charge in [-0.25, -0.2) is 4.98 Å². The summed E-state index contributed by atoms with van der Waals surface area (Å²) in [6, 6.07) is 7.67. The highest BCUT2D eigenvalue weighted by Gasteiger charge is 2.44. The molecule has 0 radical (unpaired) electrons. The number of anilines is 1. The Morgan fingerprint density at radius 1 is 1.18 bits per heavy atom. The lowest BCUT2D eigenvalue weighted by molar-refractivity contribution is -0.0511. The van der Waals surface area contributed by atoms with Gasteiger partial charge in [0.25, 0.3) is 0 Å². The van der Waals surface area contributed by atoms with Gasteiger partial charge in [-0.05, 0) is 34.4 Å². The number of benzene rings is 1. The number of rotatable bonds is 10. The van der Waals surface area contributed by atoms with Crippen LogP contribution >= 0.6 is 11.6 Å². The molecule has 2 aliphatic heterocycles. The van der Waals surface area contributed by atoms with Crippen molar-refractivity contribution in [2.75, 3.05) is 24.7 Å². The molecule has 5 rings (SSSR count). The van der Waals surface area contributed by atoms with Crippen LogP contribution < -0.4 is 4.90 Å². The van der Waals surface area contributed by atoms with E-state index in [0.717, 1.165) is 17.5 Å². The third kappa shape index (κ3) is 4.76. The van der Waals surface area contributed by atoms with Gasteiger partial charge in [0, 0.05) is 19.5 Å². The van der Waals surface area contributed by atoms with Gasteiger partial charge in [0.15, 0.2) is 23.2 Å². The number of hydrogen-bond acceptors (Lipinski definition) is 11. The predicted molar refractivity (Wildman–Crippen MR) is 137 cm³/mol. The number of halogens is 2. The molecule has 14 heteroatoms. The average molecular weight is 547 g/mol. The first-order valence-electron chi connectivity index (χ1n) is 12.3. The number of nitrogens with zero attached hydrogens (tertiary/aromatic N) is 8. The van der Waals surface area contributed by atoms with Gasteiger partial charge >= 0.3 is 0 Å². The lowest BCUT2D eigenvalue weighted by Gasteiger charge is -2.25. The molecular formula is C24H28ClFN8O4. The van der Waals surface area contributed by atoms with Gasteiger partial charge < -0.3 is 25.0 Å². The largest absolute Gasteiger partial charge is 0.394 e. The van der Waals surface area contributed by atoms with Crippen LogP contribution in [0.1, 0.15) is 37.1 Å². The fraction of sp³-hybridized carbons (Fsp3) is 0.500. The van der Waals surface area contributed by atoms with Crippen molar-refractivity contribution >= 4 is 34.8 Å². The summed E-state index contributed by atoms with van der Waals surface area (Å²) in [5.74, 6) is 0.502. The quantitative estimate of drug-likeness (QED) is 0.328. The Hall–Kier alpha value is -3.10. The molecule has 5 atom stereocenters. The van der Waals surface area contributed by atoms with E-state index in [1.54, 1.807) is 6.21 Å². The molecule has 1 aromatic carbocycles. The van der Waals surface area contributed by atoms with Gasteiger partial charge in [0.1, 0.15) is 23.9 Å². The Kier molecular flexibility index (Phi) is 7.63. The van der Waals surface area contributed by atoms with Crippen molar-refractivity contribution in [2.45, 2.75) is 56.4 Å². The Morgan fingerprint density at radius 2 is 1.97 bits per heavy atom. The molecule has 38 heavy (non-hydrogen) atoms. The molecule has 4 heterocycles. The first kappa shape index (κ1) is 26.5. The zero-order chi connectivity index (χ0) is 26.9. The summed E-state index contributed by atoms with van der Waals surface area (Å²) in [5.41, 5.74) is 1.66. The van der Waals surface area contributed by atoms with Gasteiger partial charge in [-0.3, -0.25) is 8.96 Å². The molecule has 2 aromatic heterocycles. The standard InChI is InChI=1S/C24H28ClFN8O4/c1-2-9-33(10-14-3-5-15(6-4-14)24(7-8-26)12-28-32-31-24)20-17-21(30-23(25)29-20)34(13-27-17)22-19(37)18(36)16(11-35)38-22/h3-6,12-13,16,18-19,22,35-37H,2,7-11H2,1H3/t16-,18-,19-,22-,24?/m1/s1. The zero-order valence-corrected chi connectivity index (χ0v) is 21.4. The van der Waals surface area contributed by atoms with E-state index in [9.17, 15) is 19.7 Å². The van der Waals surface area contributed by atoms with Crippen molar-refractivity contribution in [3.05, 3.63) is 47.0 Å². The second-order valence-corrected chi connectivity index (χ2v) is 9.62. The molecule has 0 bridgehead atoms. The van der Waals surface area contributed by atoms with Gasteiger partial charge in [-0.15, -0.1) is 5.10 Å². The highest BCUT2D eigenvalue weighted by molar-refractivity contribution is 6.28. The summed E-state index contributed by atoms with van der Waals surface area (Å²) >= 11 is 6.32. The lowest BCUT2D eigenvalue weighted by Crippen LogP contribution is -2.33. The number of ether oxygens (including phenoxy) is 1. The summed E-state index contributed by atoms with van der Waals surface area (Å²) in [5, 5.41) is 41.8. The van der Waals surface area contributed by atoms with E-state index >= 15 is 0 Å². The number of aromatic nitrogens is 4. The van der Waals surface area contributed by atoms with E-state index in [2.05, 4.69) is 30.4 Å². The predicted octanol–water partition coefficient (Wildman–Crippen LogP) is 2.51. The SMILES string of the molecule is CCCN(Cc1ccc(C2(CCF)C=NN=N2)cc1)c1nc(Cl)nc2c1ncn2[C@@H]1O[C@H](CO)[C@@H](O)[C@H]1O. The monoisotopic (exact) mass is 546 g/mol. The smallest absolute Gasteiger partial charge is 0.226 e. The fourth-order valence-corrected chi connectivity index (χ4v) is 4.99. The van der Waals surface area contributed by atoms with E-state index < -0.39 is 43.4 Å². The first-order chi connectivity index (χ1) is 18.4. The number of hydrogen-bond donors (Lipinski definition) is 3. The summed E-state index contributed by atoms with van der Waals surface area (Å²) in [4.78, 5) is 15.3. The van der Waals surface area contributed by atoms with Crippen LogP contribution in [0.4, 0.5) is 10.2 Å². The summed E-state index contributed by atoms with van der Waals surface area (Å²) in [6.07, 6.45) is -0.522. The third-order valence-corrected chi connectivity index (χ3v) is 6.98.